The molecule has 0 spiro atoms. The van der Waals surface area contributed by atoms with E-state index in [-0.39, 0.29) is 17.6 Å². The van der Waals surface area contributed by atoms with Gasteiger partial charge >= 0.3 is 5.69 Å². The number of nitrogens with zero attached hydrogens (tertiary/aromatic N) is 3. The maximum absolute atomic E-state index is 13.8. The molecule has 32 heavy (non-hydrogen) atoms. The maximum atomic E-state index is 13.8. The van der Waals surface area contributed by atoms with Crippen LogP contribution in [0.5, 0.6) is 0 Å². The van der Waals surface area contributed by atoms with Crippen molar-refractivity contribution in [2.24, 2.45) is 0 Å². The summed E-state index contributed by atoms with van der Waals surface area (Å²) in [6.45, 7) is 1.33. The fourth-order valence-electron chi connectivity index (χ4n) is 5.01. The summed E-state index contributed by atoms with van der Waals surface area (Å²) in [6, 6.07) is 12.0. The normalized spacial score (nSPS) is 17.1. The van der Waals surface area contributed by atoms with Gasteiger partial charge in [0.1, 0.15) is 5.00 Å². The van der Waals surface area contributed by atoms with Crippen molar-refractivity contribution in [3.63, 3.8) is 0 Å². The first-order valence-electron chi connectivity index (χ1n) is 11.0. The van der Waals surface area contributed by atoms with Crippen molar-refractivity contribution in [1.82, 2.24) is 19.0 Å². The summed E-state index contributed by atoms with van der Waals surface area (Å²) in [5, 5.41) is 1.04. The number of piperidine rings is 1. The predicted molar refractivity (Wildman–Crippen MR) is 130 cm³/mol. The number of thiophene rings is 1. The first-order chi connectivity index (χ1) is 15.7. The smallest absolute Gasteiger partial charge is 0.326 e. The largest absolute Gasteiger partial charge is 0.338 e. The highest BCUT2D eigenvalue weighted by molar-refractivity contribution is 7.98. The van der Waals surface area contributed by atoms with Crippen molar-refractivity contribution in [2.45, 2.75) is 31.1 Å². The third-order valence-corrected chi connectivity index (χ3v) is 9.01. The van der Waals surface area contributed by atoms with Crippen LogP contribution in [0.2, 0.25) is 0 Å². The second kappa shape index (κ2) is 8.01. The van der Waals surface area contributed by atoms with Crippen LogP contribution >= 0.6 is 23.1 Å². The van der Waals surface area contributed by atoms with Gasteiger partial charge in [-0.3, -0.25) is 9.36 Å². The lowest BCUT2D eigenvalue weighted by Gasteiger charge is -2.33. The average molecular weight is 465 g/mol. The number of carbonyl (C=O) groups is 1. The van der Waals surface area contributed by atoms with Crippen LogP contribution in [0.4, 0.5) is 0 Å². The van der Waals surface area contributed by atoms with E-state index < -0.39 is 0 Å². The summed E-state index contributed by atoms with van der Waals surface area (Å²) < 4.78 is 3.96. The number of aromatic nitrogens is 3. The van der Waals surface area contributed by atoms with Gasteiger partial charge < -0.3 is 14.5 Å². The molecule has 2 aliphatic heterocycles. The molecule has 0 bridgehead atoms. The zero-order chi connectivity index (χ0) is 21.7. The molecule has 1 saturated heterocycles. The highest BCUT2D eigenvalue weighted by atomic mass is 32.2. The standard InChI is InChI=1S/C24H24N4O2S2/c29-22(21-17-9-14-31-15-20(17)32-23(21)27-10-3-4-11-27)26-12-7-16(8-13-26)28-19-6-2-1-5-18(19)25-24(28)30/h1-6,10-11,16H,7-9,12-15H2,(H,25,30). The van der Waals surface area contributed by atoms with E-state index in [1.54, 1.807) is 11.3 Å². The second-order valence-corrected chi connectivity index (χ2v) is 10.6. The maximum Gasteiger partial charge on any atom is 0.326 e. The van der Waals surface area contributed by atoms with E-state index in [1.165, 1.54) is 10.4 Å². The van der Waals surface area contributed by atoms with Gasteiger partial charge in [0.25, 0.3) is 5.91 Å². The minimum Gasteiger partial charge on any atom is -0.338 e. The van der Waals surface area contributed by atoms with Gasteiger partial charge in [-0.25, -0.2) is 4.79 Å². The molecule has 0 radical (unpaired) electrons. The number of nitrogens with one attached hydrogen (secondary N) is 1. The molecule has 6 nitrogen and oxygen atoms in total. The summed E-state index contributed by atoms with van der Waals surface area (Å²) in [6.07, 6.45) is 6.58. The highest BCUT2D eigenvalue weighted by Crippen LogP contribution is 2.39. The van der Waals surface area contributed by atoms with E-state index in [1.807, 2.05) is 70.0 Å². The van der Waals surface area contributed by atoms with Gasteiger partial charge in [-0.05, 0) is 54.8 Å². The minimum atomic E-state index is -0.0599. The van der Waals surface area contributed by atoms with Crippen LogP contribution in [0.25, 0.3) is 16.0 Å². The number of amides is 1. The summed E-state index contributed by atoms with van der Waals surface area (Å²) in [7, 11) is 0. The number of aromatic amines is 1. The molecular formula is C24H24N4O2S2. The van der Waals surface area contributed by atoms with Crippen molar-refractivity contribution in [3.05, 3.63) is 75.3 Å². The highest BCUT2D eigenvalue weighted by Gasteiger charge is 2.32. The van der Waals surface area contributed by atoms with E-state index in [0.29, 0.717) is 13.1 Å². The summed E-state index contributed by atoms with van der Waals surface area (Å²) >= 11 is 3.71. The number of imidazole rings is 1. The Kier molecular flexibility index (Phi) is 4.99. The number of thioether (sulfide) groups is 1. The molecule has 1 amide bonds. The summed E-state index contributed by atoms with van der Waals surface area (Å²) in [5.74, 6) is 2.20. The van der Waals surface area contributed by atoms with Gasteiger partial charge in [0, 0.05) is 42.2 Å². The van der Waals surface area contributed by atoms with Crippen LogP contribution < -0.4 is 5.69 Å². The SMILES string of the molecule is O=C(c1c(-n2cccc2)sc2c1CCSC2)N1CCC(n2c(=O)[nH]c3ccccc32)CC1. The molecule has 0 atom stereocenters. The molecule has 2 aliphatic rings. The van der Waals surface area contributed by atoms with Crippen LogP contribution in [0.15, 0.2) is 53.6 Å². The molecule has 0 saturated carbocycles. The lowest BCUT2D eigenvalue weighted by molar-refractivity contribution is 0.0694. The average Bonchev–Trinajstić information content (AvgIpc) is 3.55. The molecule has 4 aromatic rings. The van der Waals surface area contributed by atoms with Gasteiger partial charge in [0.2, 0.25) is 0 Å². The van der Waals surface area contributed by atoms with Crippen molar-refractivity contribution in [2.75, 3.05) is 18.8 Å². The molecule has 164 valence electrons. The third kappa shape index (κ3) is 3.24. The Balaban J connectivity index is 1.28. The van der Waals surface area contributed by atoms with Crippen LogP contribution in [-0.4, -0.2) is 43.8 Å². The number of fused-ring (bicyclic) bond motifs is 2. The van der Waals surface area contributed by atoms with Gasteiger partial charge in [0.05, 0.1) is 16.6 Å². The Hall–Kier alpha value is -2.71. The van der Waals surface area contributed by atoms with Crippen LogP contribution in [0.3, 0.4) is 0 Å². The molecule has 0 aliphatic carbocycles. The Bertz CT molecular complexity index is 1340. The Morgan fingerprint density at radius 1 is 1.06 bits per heavy atom. The molecule has 3 aromatic heterocycles. The zero-order valence-corrected chi connectivity index (χ0v) is 19.3. The predicted octanol–water partition coefficient (Wildman–Crippen LogP) is 4.45. The monoisotopic (exact) mass is 464 g/mol. The van der Waals surface area contributed by atoms with E-state index >= 15 is 0 Å². The third-order valence-electron chi connectivity index (χ3n) is 6.60. The van der Waals surface area contributed by atoms with E-state index in [4.69, 9.17) is 0 Å². The number of rotatable bonds is 3. The molecular weight excluding hydrogens is 440 g/mol. The van der Waals surface area contributed by atoms with Crippen molar-refractivity contribution in [1.29, 1.82) is 0 Å². The van der Waals surface area contributed by atoms with Crippen LogP contribution in [0.1, 0.15) is 39.7 Å². The van der Waals surface area contributed by atoms with Gasteiger partial charge in [-0.15, -0.1) is 11.3 Å². The number of hydrogen-bond donors (Lipinski definition) is 1. The molecule has 1 N–H and O–H groups in total. The number of carbonyl (C=O) groups excluding carboxylic acids is 1. The summed E-state index contributed by atoms with van der Waals surface area (Å²) in [5.41, 5.74) is 3.90. The number of benzene rings is 1. The fourth-order valence-corrected chi connectivity index (χ4v) is 7.45. The van der Waals surface area contributed by atoms with Crippen LogP contribution in [-0.2, 0) is 12.2 Å². The van der Waals surface area contributed by atoms with Crippen molar-refractivity contribution < 1.29 is 4.79 Å². The Labute approximate surface area is 193 Å². The number of likely N-dealkylation sites (tertiary alicyclic amines) is 1. The number of hydrogen-bond acceptors (Lipinski definition) is 4. The van der Waals surface area contributed by atoms with E-state index in [2.05, 4.69) is 9.55 Å². The summed E-state index contributed by atoms with van der Waals surface area (Å²) in [4.78, 5) is 32.7. The molecule has 1 fully saturated rings. The molecule has 1 aromatic carbocycles. The van der Waals surface area contributed by atoms with Crippen LogP contribution in [0, 0.1) is 0 Å². The van der Waals surface area contributed by atoms with E-state index in [0.717, 1.165) is 52.4 Å². The molecule has 8 heteroatoms. The zero-order valence-electron chi connectivity index (χ0n) is 17.6. The quantitative estimate of drug-likeness (QED) is 0.487. The molecule has 5 heterocycles. The van der Waals surface area contributed by atoms with E-state index in [9.17, 15) is 9.59 Å². The second-order valence-electron chi connectivity index (χ2n) is 8.42. The van der Waals surface area contributed by atoms with Crippen molar-refractivity contribution in [3.8, 4) is 5.00 Å². The molecule has 6 rings (SSSR count). The minimum absolute atomic E-state index is 0.0599. The lowest BCUT2D eigenvalue weighted by atomic mass is 10.0. The topological polar surface area (TPSA) is 63.0 Å². The fraction of sp³-hybridized carbons (Fsp3) is 0.333. The number of H-pyrrole nitrogens is 1. The first-order valence-corrected chi connectivity index (χ1v) is 13.0. The molecule has 0 unspecified atom stereocenters. The number of para-hydroxylation sites is 2. The van der Waals surface area contributed by atoms with Gasteiger partial charge in [-0.1, -0.05) is 12.1 Å². The van der Waals surface area contributed by atoms with Crippen molar-refractivity contribution >= 4 is 40.0 Å². The Morgan fingerprint density at radius 3 is 2.66 bits per heavy atom. The first kappa shape index (κ1) is 19.9. The van der Waals surface area contributed by atoms with Gasteiger partial charge in [-0.2, -0.15) is 11.8 Å². The Morgan fingerprint density at radius 2 is 1.84 bits per heavy atom. The van der Waals surface area contributed by atoms with Gasteiger partial charge in [0.15, 0.2) is 0 Å². The lowest BCUT2D eigenvalue weighted by Crippen LogP contribution is -2.41.